The maximum Gasteiger partial charge on any atom is 0.335 e. The van der Waals surface area contributed by atoms with Crippen LogP contribution in [-0.4, -0.2) is 22.9 Å². The van der Waals surface area contributed by atoms with Gasteiger partial charge < -0.3 is 15.7 Å². The number of nitrogens with zero attached hydrogens (tertiary/aromatic N) is 2. The molecule has 7 heteroatoms. The number of hydrogen-bond acceptors (Lipinski definition) is 5. The fourth-order valence-electron chi connectivity index (χ4n) is 1.16. The van der Waals surface area contributed by atoms with E-state index in [0.29, 0.717) is 11.1 Å². The lowest BCUT2D eigenvalue weighted by Crippen LogP contribution is -2.15. The Labute approximate surface area is 108 Å². The smallest absolute Gasteiger partial charge is 0.335 e. The quantitative estimate of drug-likeness (QED) is 0.345. The topological polar surface area (TPSA) is 126 Å². The van der Waals surface area contributed by atoms with Crippen molar-refractivity contribution >= 4 is 17.8 Å². The van der Waals surface area contributed by atoms with Crippen LogP contribution in [0.4, 0.5) is 0 Å². The van der Waals surface area contributed by atoms with Crippen LogP contribution in [-0.2, 0) is 14.4 Å². The minimum Gasteiger partial charge on any atom is -0.481 e. The van der Waals surface area contributed by atoms with E-state index in [0.717, 1.165) is 0 Å². The van der Waals surface area contributed by atoms with Crippen LogP contribution < -0.4 is 5.73 Å². The molecule has 0 fully saturated rings. The van der Waals surface area contributed by atoms with Gasteiger partial charge in [-0.1, -0.05) is 17.3 Å². The van der Waals surface area contributed by atoms with Crippen molar-refractivity contribution in [3.05, 3.63) is 35.4 Å². The molecule has 0 aromatic heterocycles. The van der Waals surface area contributed by atoms with E-state index in [-0.39, 0.29) is 18.7 Å². The van der Waals surface area contributed by atoms with Gasteiger partial charge in [-0.05, 0) is 12.1 Å². The van der Waals surface area contributed by atoms with Crippen molar-refractivity contribution < 1.29 is 19.5 Å². The first-order valence-corrected chi connectivity index (χ1v) is 5.28. The number of benzene rings is 1. The van der Waals surface area contributed by atoms with E-state index in [1.165, 1.54) is 6.07 Å². The fraction of sp³-hybridized carbons (Fsp3) is 0.167. The second-order valence-corrected chi connectivity index (χ2v) is 3.53. The number of hydrogen-bond donors (Lipinski definition) is 2. The standard InChI is InChI=1S/C12H11N3O4/c13-7-8-2-1-3-9(6-8)12(14)15-19-11(18)5-4-10(16)17/h1-3,6H,4-5H2,(H2,14,15)(H,16,17). The number of carbonyl (C=O) groups is 2. The second kappa shape index (κ2) is 6.76. The molecule has 0 saturated heterocycles. The van der Waals surface area contributed by atoms with E-state index in [1.54, 1.807) is 18.2 Å². The number of carbonyl (C=O) groups excluding carboxylic acids is 1. The van der Waals surface area contributed by atoms with Crippen LogP contribution in [0, 0.1) is 11.3 Å². The van der Waals surface area contributed by atoms with E-state index >= 15 is 0 Å². The Balaban J connectivity index is 2.64. The monoisotopic (exact) mass is 261 g/mol. The van der Waals surface area contributed by atoms with E-state index in [2.05, 4.69) is 9.99 Å². The zero-order valence-electron chi connectivity index (χ0n) is 9.87. The summed E-state index contributed by atoms with van der Waals surface area (Å²) in [4.78, 5) is 25.8. The van der Waals surface area contributed by atoms with Gasteiger partial charge in [-0.25, -0.2) is 4.79 Å². The van der Waals surface area contributed by atoms with Crippen molar-refractivity contribution in [3.63, 3.8) is 0 Å². The van der Waals surface area contributed by atoms with Crippen molar-refractivity contribution in [2.75, 3.05) is 0 Å². The Bertz CT molecular complexity index is 560. The van der Waals surface area contributed by atoms with Crippen LogP contribution in [0.1, 0.15) is 24.0 Å². The van der Waals surface area contributed by atoms with Gasteiger partial charge in [0.05, 0.1) is 24.5 Å². The van der Waals surface area contributed by atoms with E-state index < -0.39 is 11.9 Å². The Hall–Kier alpha value is -2.88. The summed E-state index contributed by atoms with van der Waals surface area (Å²) in [5, 5.41) is 20.5. The van der Waals surface area contributed by atoms with Gasteiger partial charge in [0.2, 0.25) is 0 Å². The minimum atomic E-state index is -1.10. The number of nitriles is 1. The average molecular weight is 261 g/mol. The van der Waals surface area contributed by atoms with Crippen LogP contribution in [0.3, 0.4) is 0 Å². The predicted octanol–water partition coefficient (Wildman–Crippen LogP) is 0.587. The lowest BCUT2D eigenvalue weighted by Gasteiger charge is -2.01. The summed E-state index contributed by atoms with van der Waals surface area (Å²) in [6.07, 6.45) is -0.622. The largest absolute Gasteiger partial charge is 0.481 e. The van der Waals surface area contributed by atoms with Crippen molar-refractivity contribution in [2.24, 2.45) is 10.9 Å². The highest BCUT2D eigenvalue weighted by Gasteiger charge is 2.07. The fourth-order valence-corrected chi connectivity index (χ4v) is 1.16. The van der Waals surface area contributed by atoms with Gasteiger partial charge >= 0.3 is 11.9 Å². The lowest BCUT2D eigenvalue weighted by atomic mass is 10.1. The number of rotatable bonds is 5. The Kier molecular flexibility index (Phi) is 5.04. The molecule has 0 spiro atoms. The summed E-state index contributed by atoms with van der Waals surface area (Å²) in [5.41, 5.74) is 6.40. The summed E-state index contributed by atoms with van der Waals surface area (Å²) >= 11 is 0. The molecule has 1 rings (SSSR count). The summed E-state index contributed by atoms with van der Waals surface area (Å²) in [5.74, 6) is -1.96. The molecule has 0 aliphatic carbocycles. The number of carboxylic acid groups (broad SMARTS) is 1. The molecule has 0 heterocycles. The van der Waals surface area contributed by atoms with Crippen molar-refractivity contribution in [3.8, 4) is 6.07 Å². The van der Waals surface area contributed by atoms with Crippen LogP contribution in [0.25, 0.3) is 0 Å². The van der Waals surface area contributed by atoms with Crippen LogP contribution in [0.5, 0.6) is 0 Å². The number of oxime groups is 1. The lowest BCUT2D eigenvalue weighted by molar-refractivity contribution is -0.147. The number of carboxylic acids is 1. The predicted molar refractivity (Wildman–Crippen MR) is 64.8 cm³/mol. The van der Waals surface area contributed by atoms with Gasteiger partial charge in [0.1, 0.15) is 0 Å². The highest BCUT2D eigenvalue weighted by molar-refractivity contribution is 5.97. The molecule has 1 aromatic rings. The summed E-state index contributed by atoms with van der Waals surface area (Å²) in [7, 11) is 0. The zero-order chi connectivity index (χ0) is 14.3. The first-order chi connectivity index (χ1) is 9.02. The third-order valence-corrected chi connectivity index (χ3v) is 2.08. The molecular weight excluding hydrogens is 250 g/mol. The molecule has 0 aliphatic heterocycles. The molecule has 0 atom stereocenters. The van der Waals surface area contributed by atoms with E-state index in [4.69, 9.17) is 16.1 Å². The number of amidine groups is 1. The molecule has 3 N–H and O–H groups in total. The summed E-state index contributed by atoms with van der Waals surface area (Å²) in [6, 6.07) is 8.23. The average Bonchev–Trinajstić information content (AvgIpc) is 2.42. The highest BCUT2D eigenvalue weighted by Crippen LogP contribution is 2.04. The summed E-state index contributed by atoms with van der Waals surface area (Å²) < 4.78 is 0. The van der Waals surface area contributed by atoms with E-state index in [9.17, 15) is 9.59 Å². The molecule has 0 aliphatic rings. The normalized spacial score (nSPS) is 10.6. The van der Waals surface area contributed by atoms with Crippen LogP contribution in [0.15, 0.2) is 29.4 Å². The Morgan fingerprint density at radius 2 is 2.16 bits per heavy atom. The molecule has 7 nitrogen and oxygen atoms in total. The van der Waals surface area contributed by atoms with Crippen molar-refractivity contribution in [1.29, 1.82) is 5.26 Å². The van der Waals surface area contributed by atoms with Gasteiger partial charge in [0.15, 0.2) is 5.84 Å². The Morgan fingerprint density at radius 3 is 2.79 bits per heavy atom. The van der Waals surface area contributed by atoms with Gasteiger partial charge in [-0.2, -0.15) is 5.26 Å². The number of aliphatic carboxylic acids is 1. The number of nitrogens with two attached hydrogens (primary N) is 1. The molecule has 0 bridgehead atoms. The molecular formula is C12H11N3O4. The maximum absolute atomic E-state index is 11.1. The second-order valence-electron chi connectivity index (χ2n) is 3.53. The first kappa shape index (κ1) is 14.2. The molecule has 0 radical (unpaired) electrons. The Morgan fingerprint density at radius 1 is 1.42 bits per heavy atom. The van der Waals surface area contributed by atoms with Crippen LogP contribution in [0.2, 0.25) is 0 Å². The van der Waals surface area contributed by atoms with E-state index in [1.807, 2.05) is 6.07 Å². The molecule has 0 unspecified atom stereocenters. The first-order valence-electron chi connectivity index (χ1n) is 5.28. The summed E-state index contributed by atoms with van der Waals surface area (Å²) in [6.45, 7) is 0. The van der Waals surface area contributed by atoms with Gasteiger partial charge in [0, 0.05) is 5.56 Å². The molecule has 98 valence electrons. The molecule has 1 aromatic carbocycles. The zero-order valence-corrected chi connectivity index (χ0v) is 9.87. The molecule has 0 amide bonds. The van der Waals surface area contributed by atoms with Crippen molar-refractivity contribution in [2.45, 2.75) is 12.8 Å². The highest BCUT2D eigenvalue weighted by atomic mass is 16.7. The molecule has 19 heavy (non-hydrogen) atoms. The van der Waals surface area contributed by atoms with Crippen LogP contribution >= 0.6 is 0 Å². The minimum absolute atomic E-state index is 0.0687. The van der Waals surface area contributed by atoms with Gasteiger partial charge in [-0.3, -0.25) is 4.79 Å². The third-order valence-electron chi connectivity index (χ3n) is 2.08. The van der Waals surface area contributed by atoms with Crippen molar-refractivity contribution in [1.82, 2.24) is 0 Å². The van der Waals surface area contributed by atoms with Gasteiger partial charge in [0.25, 0.3) is 0 Å². The SMILES string of the molecule is N#Cc1cccc(/C(N)=N/OC(=O)CCC(=O)O)c1. The molecule has 0 saturated carbocycles. The maximum atomic E-state index is 11.1. The third kappa shape index (κ3) is 4.87. The van der Waals surface area contributed by atoms with Gasteiger partial charge in [-0.15, -0.1) is 0 Å².